The maximum absolute atomic E-state index is 6.41. The molecule has 0 radical (unpaired) electrons. The van der Waals surface area contributed by atoms with Crippen molar-refractivity contribution in [2.75, 3.05) is 6.54 Å². The number of hydrogen-bond donors (Lipinski definition) is 1. The van der Waals surface area contributed by atoms with E-state index in [-0.39, 0.29) is 6.04 Å². The predicted molar refractivity (Wildman–Crippen MR) is 91.4 cm³/mol. The Kier molecular flexibility index (Phi) is 5.49. The van der Waals surface area contributed by atoms with Crippen molar-refractivity contribution in [2.45, 2.75) is 19.9 Å². The van der Waals surface area contributed by atoms with Crippen LogP contribution < -0.4 is 5.32 Å². The van der Waals surface area contributed by atoms with Crippen LogP contribution >= 0.6 is 54.8 Å². The van der Waals surface area contributed by atoms with Gasteiger partial charge in [0.25, 0.3) is 0 Å². The average Bonchev–Trinajstić information content (AvgIpc) is 2.66. The zero-order valence-corrected chi connectivity index (χ0v) is 15.4. The van der Waals surface area contributed by atoms with Crippen molar-refractivity contribution in [2.24, 2.45) is 0 Å². The van der Waals surface area contributed by atoms with Crippen LogP contribution in [0.25, 0.3) is 0 Å². The van der Waals surface area contributed by atoms with Crippen molar-refractivity contribution in [1.29, 1.82) is 0 Å². The summed E-state index contributed by atoms with van der Waals surface area (Å²) in [5, 5.41) is 4.31. The smallest absolute Gasteiger partial charge is 0.0761 e. The molecule has 1 atom stereocenters. The highest BCUT2D eigenvalue weighted by molar-refractivity contribution is 9.12. The van der Waals surface area contributed by atoms with Crippen LogP contribution in [0, 0.1) is 6.92 Å². The van der Waals surface area contributed by atoms with Gasteiger partial charge in [0.2, 0.25) is 0 Å². The molecule has 0 fully saturated rings. The third-order valence-electron chi connectivity index (χ3n) is 2.87. The van der Waals surface area contributed by atoms with Gasteiger partial charge in [0.05, 0.1) is 13.6 Å². The first-order valence-electron chi connectivity index (χ1n) is 5.97. The van der Waals surface area contributed by atoms with Crippen molar-refractivity contribution in [3.8, 4) is 0 Å². The SMILES string of the molecule is CCNC(c1ccc(C)cc1Cl)c1cc(Br)sc1Br. The molecule has 5 heteroatoms. The molecule has 1 nitrogen and oxygen atoms in total. The molecule has 0 aliphatic carbocycles. The lowest BCUT2D eigenvalue weighted by molar-refractivity contribution is 0.630. The molecule has 19 heavy (non-hydrogen) atoms. The summed E-state index contributed by atoms with van der Waals surface area (Å²) in [6.07, 6.45) is 0. The Labute approximate surface area is 139 Å². The van der Waals surface area contributed by atoms with Gasteiger partial charge in [0, 0.05) is 5.02 Å². The Hall–Kier alpha value is 0.130. The largest absolute Gasteiger partial charge is 0.306 e. The summed E-state index contributed by atoms with van der Waals surface area (Å²) < 4.78 is 2.24. The quantitative estimate of drug-likeness (QED) is 0.642. The van der Waals surface area contributed by atoms with Gasteiger partial charge < -0.3 is 5.32 Å². The van der Waals surface area contributed by atoms with Crippen LogP contribution in [0.5, 0.6) is 0 Å². The van der Waals surface area contributed by atoms with Crippen LogP contribution in [-0.4, -0.2) is 6.54 Å². The summed E-state index contributed by atoms with van der Waals surface area (Å²) in [5.74, 6) is 0. The molecular formula is C14H14Br2ClNS. The van der Waals surface area contributed by atoms with Crippen molar-refractivity contribution in [3.05, 3.63) is 53.6 Å². The zero-order chi connectivity index (χ0) is 14.0. The lowest BCUT2D eigenvalue weighted by Crippen LogP contribution is -2.22. The van der Waals surface area contributed by atoms with Gasteiger partial charge in [0.1, 0.15) is 0 Å². The number of hydrogen-bond acceptors (Lipinski definition) is 2. The van der Waals surface area contributed by atoms with Crippen LogP contribution in [0.3, 0.4) is 0 Å². The maximum atomic E-state index is 6.41. The maximum Gasteiger partial charge on any atom is 0.0761 e. The van der Waals surface area contributed by atoms with Gasteiger partial charge in [-0.15, -0.1) is 11.3 Å². The molecule has 1 heterocycles. The minimum absolute atomic E-state index is 0.107. The molecule has 0 bridgehead atoms. The van der Waals surface area contributed by atoms with Crippen LogP contribution in [0.15, 0.2) is 31.8 Å². The number of rotatable bonds is 4. The molecule has 0 saturated carbocycles. The van der Waals surface area contributed by atoms with E-state index in [1.54, 1.807) is 11.3 Å². The van der Waals surface area contributed by atoms with Gasteiger partial charge in [-0.2, -0.15) is 0 Å². The molecular weight excluding hydrogens is 409 g/mol. The Morgan fingerprint density at radius 1 is 1.26 bits per heavy atom. The summed E-state index contributed by atoms with van der Waals surface area (Å²) in [4.78, 5) is 0. The van der Waals surface area contributed by atoms with Crippen LogP contribution in [0.2, 0.25) is 5.02 Å². The van der Waals surface area contributed by atoms with Gasteiger partial charge in [-0.1, -0.05) is 30.7 Å². The molecule has 0 aliphatic heterocycles. The van der Waals surface area contributed by atoms with Gasteiger partial charge >= 0.3 is 0 Å². The topological polar surface area (TPSA) is 12.0 Å². The predicted octanol–water partition coefficient (Wildman–Crippen LogP) is 5.93. The van der Waals surface area contributed by atoms with E-state index < -0.39 is 0 Å². The van der Waals surface area contributed by atoms with Gasteiger partial charge in [0.15, 0.2) is 0 Å². The van der Waals surface area contributed by atoms with E-state index in [1.807, 2.05) is 6.07 Å². The van der Waals surface area contributed by atoms with Crippen LogP contribution in [0.1, 0.15) is 29.7 Å². The standard InChI is InChI=1S/C14H14Br2ClNS/c1-3-18-13(10-7-12(15)19-14(10)16)9-5-4-8(2)6-11(9)17/h4-7,13,18H,3H2,1-2H3. The zero-order valence-electron chi connectivity index (χ0n) is 10.6. The number of benzene rings is 1. The normalized spacial score (nSPS) is 12.7. The van der Waals surface area contributed by atoms with Crippen LogP contribution in [0.4, 0.5) is 0 Å². The van der Waals surface area contributed by atoms with Crippen molar-refractivity contribution in [1.82, 2.24) is 5.32 Å². The van der Waals surface area contributed by atoms with Gasteiger partial charge in [-0.25, -0.2) is 0 Å². The van der Waals surface area contributed by atoms with Crippen molar-refractivity contribution in [3.63, 3.8) is 0 Å². The molecule has 0 spiro atoms. The van der Waals surface area contributed by atoms with E-state index in [0.717, 1.165) is 24.7 Å². The minimum Gasteiger partial charge on any atom is -0.306 e. The molecule has 102 valence electrons. The highest BCUT2D eigenvalue weighted by atomic mass is 79.9. The van der Waals surface area contributed by atoms with E-state index in [4.69, 9.17) is 11.6 Å². The fourth-order valence-corrected chi connectivity index (χ4v) is 5.25. The third-order valence-corrected chi connectivity index (χ3v) is 5.58. The summed E-state index contributed by atoms with van der Waals surface area (Å²) in [6, 6.07) is 8.45. The third kappa shape index (κ3) is 3.61. The van der Waals surface area contributed by atoms with E-state index in [0.29, 0.717) is 0 Å². The number of nitrogens with one attached hydrogen (secondary N) is 1. The van der Waals surface area contributed by atoms with E-state index in [9.17, 15) is 0 Å². The first-order valence-corrected chi connectivity index (χ1v) is 8.75. The second-order valence-corrected chi connectivity index (χ2v) is 8.45. The lowest BCUT2D eigenvalue weighted by atomic mass is 10.00. The summed E-state index contributed by atoms with van der Waals surface area (Å²) >= 11 is 15.2. The molecule has 1 aromatic heterocycles. The molecule has 1 aromatic carbocycles. The number of aryl methyl sites for hydroxylation is 1. The molecule has 2 aromatic rings. The molecule has 2 rings (SSSR count). The van der Waals surface area contributed by atoms with Gasteiger partial charge in [-0.3, -0.25) is 0 Å². The highest BCUT2D eigenvalue weighted by Crippen LogP contribution is 2.39. The van der Waals surface area contributed by atoms with Crippen molar-refractivity contribution < 1.29 is 0 Å². The summed E-state index contributed by atoms with van der Waals surface area (Å²) in [5.41, 5.74) is 3.50. The van der Waals surface area contributed by atoms with E-state index in [2.05, 4.69) is 69.2 Å². The average molecular weight is 424 g/mol. The number of halogens is 3. The number of thiophene rings is 1. The summed E-state index contributed by atoms with van der Waals surface area (Å²) in [7, 11) is 0. The first-order chi connectivity index (χ1) is 9.02. The second kappa shape index (κ2) is 6.72. The fourth-order valence-electron chi connectivity index (χ4n) is 2.01. The fraction of sp³-hybridized carbons (Fsp3) is 0.286. The molecule has 0 saturated heterocycles. The highest BCUT2D eigenvalue weighted by Gasteiger charge is 2.20. The molecule has 0 amide bonds. The van der Waals surface area contributed by atoms with E-state index in [1.165, 1.54) is 11.1 Å². The Morgan fingerprint density at radius 3 is 2.53 bits per heavy atom. The molecule has 1 unspecified atom stereocenters. The second-order valence-electron chi connectivity index (χ2n) is 4.30. The van der Waals surface area contributed by atoms with Gasteiger partial charge in [-0.05, 0) is 74.2 Å². The van der Waals surface area contributed by atoms with Crippen molar-refractivity contribution >= 4 is 54.8 Å². The lowest BCUT2D eigenvalue weighted by Gasteiger charge is -2.19. The van der Waals surface area contributed by atoms with Crippen LogP contribution in [-0.2, 0) is 0 Å². The summed E-state index contributed by atoms with van der Waals surface area (Å²) in [6.45, 7) is 5.04. The Bertz CT molecular complexity index is 583. The molecule has 1 N–H and O–H groups in total. The first kappa shape index (κ1) is 15.5. The Balaban J connectivity index is 2.48. The Morgan fingerprint density at radius 2 is 2.00 bits per heavy atom. The monoisotopic (exact) mass is 421 g/mol. The van der Waals surface area contributed by atoms with E-state index >= 15 is 0 Å². The molecule has 0 aliphatic rings. The minimum atomic E-state index is 0.107.